The zero-order valence-electron chi connectivity index (χ0n) is 17.8. The molecule has 0 spiro atoms. The van der Waals surface area contributed by atoms with Gasteiger partial charge in [-0.2, -0.15) is 0 Å². The number of Topliss-reactive ketones (excluding diaryl/α,β-unsaturated/α-hetero) is 1. The molecule has 2 rings (SSSR count). The maximum atomic E-state index is 13.8. The Morgan fingerprint density at radius 1 is 1.07 bits per heavy atom. The van der Waals surface area contributed by atoms with Crippen molar-refractivity contribution in [1.82, 2.24) is 9.88 Å². The molecule has 2 aromatic rings. The monoisotopic (exact) mass is 416 g/mol. The number of nitrogens with zero attached hydrogens (tertiary/aromatic N) is 1. The molecule has 0 aliphatic rings. The summed E-state index contributed by atoms with van der Waals surface area (Å²) in [7, 11) is 1.60. The maximum absolute atomic E-state index is 13.8. The van der Waals surface area contributed by atoms with Gasteiger partial charge in [0, 0.05) is 31.4 Å². The Labute approximate surface area is 173 Å². The highest BCUT2D eigenvalue weighted by atomic mass is 19.1. The van der Waals surface area contributed by atoms with E-state index in [1.165, 1.54) is 23.6 Å². The third-order valence-corrected chi connectivity index (χ3v) is 4.53. The summed E-state index contributed by atoms with van der Waals surface area (Å²) < 4.78 is 15.3. The summed E-state index contributed by atoms with van der Waals surface area (Å²) in [6.45, 7) is 7.98. The number of anilines is 2. The fourth-order valence-corrected chi connectivity index (χ4v) is 3.15. The van der Waals surface area contributed by atoms with Crippen molar-refractivity contribution in [3.8, 4) is 0 Å². The number of amides is 3. The zero-order valence-corrected chi connectivity index (χ0v) is 17.8. The highest BCUT2D eigenvalue weighted by molar-refractivity contribution is 6.43. The summed E-state index contributed by atoms with van der Waals surface area (Å²) in [6, 6.07) is 3.57. The number of halogens is 1. The lowest BCUT2D eigenvalue weighted by Crippen LogP contribution is -2.37. The van der Waals surface area contributed by atoms with E-state index in [2.05, 4.69) is 16.0 Å². The van der Waals surface area contributed by atoms with Crippen molar-refractivity contribution in [2.75, 3.05) is 10.6 Å². The van der Waals surface area contributed by atoms with Crippen LogP contribution in [-0.2, 0) is 16.6 Å². The van der Waals surface area contributed by atoms with Gasteiger partial charge in [-0.05, 0) is 51.5 Å². The van der Waals surface area contributed by atoms with E-state index in [1.807, 2.05) is 0 Å². The van der Waals surface area contributed by atoms with E-state index in [4.69, 9.17) is 0 Å². The number of aromatic nitrogens is 1. The number of hydrogen-bond donors (Lipinski definition) is 3. The molecule has 0 aliphatic carbocycles. The first-order chi connectivity index (χ1) is 13.9. The Kier molecular flexibility index (Phi) is 6.76. The fraction of sp³-hybridized carbons (Fsp3) is 0.333. The average Bonchev–Trinajstić information content (AvgIpc) is 2.85. The van der Waals surface area contributed by atoms with Crippen LogP contribution in [0, 0.1) is 19.7 Å². The van der Waals surface area contributed by atoms with Crippen LogP contribution >= 0.6 is 0 Å². The lowest BCUT2D eigenvalue weighted by atomic mass is 10.1. The van der Waals surface area contributed by atoms with Gasteiger partial charge in [0.15, 0.2) is 0 Å². The molecule has 3 amide bonds. The molecule has 0 unspecified atom stereocenters. The van der Waals surface area contributed by atoms with Gasteiger partial charge in [0.25, 0.3) is 17.6 Å². The van der Waals surface area contributed by atoms with Gasteiger partial charge in [0.2, 0.25) is 5.91 Å². The first-order valence-corrected chi connectivity index (χ1v) is 9.33. The number of benzene rings is 1. The molecule has 0 aliphatic heterocycles. The van der Waals surface area contributed by atoms with E-state index in [-0.39, 0.29) is 28.7 Å². The van der Waals surface area contributed by atoms with Gasteiger partial charge < -0.3 is 20.5 Å². The van der Waals surface area contributed by atoms with Crippen LogP contribution in [0.15, 0.2) is 18.2 Å². The van der Waals surface area contributed by atoms with E-state index in [0.29, 0.717) is 11.3 Å². The van der Waals surface area contributed by atoms with Crippen LogP contribution in [0.5, 0.6) is 0 Å². The smallest absolute Gasteiger partial charge is 0.294 e. The fourth-order valence-electron chi connectivity index (χ4n) is 3.15. The number of rotatable bonds is 6. The highest BCUT2D eigenvalue weighted by Crippen LogP contribution is 2.25. The van der Waals surface area contributed by atoms with Crippen LogP contribution in [0.3, 0.4) is 0 Å². The quantitative estimate of drug-likeness (QED) is 0.497. The Balaban J connectivity index is 2.37. The van der Waals surface area contributed by atoms with E-state index in [0.717, 1.165) is 6.07 Å². The topological polar surface area (TPSA) is 109 Å². The first kappa shape index (κ1) is 22.8. The summed E-state index contributed by atoms with van der Waals surface area (Å²) in [6.07, 6.45) is 0. The Morgan fingerprint density at radius 2 is 1.70 bits per heavy atom. The van der Waals surface area contributed by atoms with Crippen LogP contribution in [0.25, 0.3) is 0 Å². The molecule has 1 aromatic carbocycles. The predicted octanol–water partition coefficient (Wildman–Crippen LogP) is 2.70. The predicted molar refractivity (Wildman–Crippen MR) is 111 cm³/mol. The molecule has 30 heavy (non-hydrogen) atoms. The van der Waals surface area contributed by atoms with Gasteiger partial charge in [-0.25, -0.2) is 4.39 Å². The summed E-state index contributed by atoms with van der Waals surface area (Å²) >= 11 is 0. The number of nitrogens with one attached hydrogen (secondary N) is 3. The Bertz CT molecular complexity index is 1040. The van der Waals surface area contributed by atoms with Gasteiger partial charge in [-0.1, -0.05) is 0 Å². The third-order valence-electron chi connectivity index (χ3n) is 4.53. The number of hydrogen-bond acceptors (Lipinski definition) is 4. The lowest BCUT2D eigenvalue weighted by Gasteiger charge is -2.10. The van der Waals surface area contributed by atoms with Crippen LogP contribution in [-0.4, -0.2) is 34.1 Å². The van der Waals surface area contributed by atoms with Gasteiger partial charge in [-0.3, -0.25) is 19.2 Å². The van der Waals surface area contributed by atoms with Gasteiger partial charge in [0.05, 0.1) is 16.9 Å². The lowest BCUT2D eigenvalue weighted by molar-refractivity contribution is -0.117. The normalized spacial score (nSPS) is 10.7. The van der Waals surface area contributed by atoms with Crippen LogP contribution in [0.4, 0.5) is 15.8 Å². The second-order valence-electron chi connectivity index (χ2n) is 7.28. The number of carbonyl (C=O) groups is 4. The van der Waals surface area contributed by atoms with Crippen molar-refractivity contribution in [3.05, 3.63) is 46.5 Å². The molecular formula is C21H25FN4O4. The maximum Gasteiger partial charge on any atom is 0.294 e. The minimum Gasteiger partial charge on any atom is -0.347 e. The van der Waals surface area contributed by atoms with Crippen molar-refractivity contribution >= 4 is 34.9 Å². The van der Waals surface area contributed by atoms with Crippen molar-refractivity contribution in [2.45, 2.75) is 40.7 Å². The second kappa shape index (κ2) is 8.89. The largest absolute Gasteiger partial charge is 0.347 e. The van der Waals surface area contributed by atoms with E-state index in [1.54, 1.807) is 34.7 Å². The SMILES string of the molecule is CC(=O)Nc1cc(NC(=O)c2c(C)c(C(=O)C(=O)NC(C)C)n(C)c2C)ccc1F. The van der Waals surface area contributed by atoms with Crippen LogP contribution in [0.2, 0.25) is 0 Å². The minimum absolute atomic E-state index is 0.0666. The molecule has 8 nitrogen and oxygen atoms in total. The van der Waals surface area contributed by atoms with E-state index >= 15 is 0 Å². The molecular weight excluding hydrogens is 391 g/mol. The Hall–Kier alpha value is -3.49. The molecule has 0 saturated heterocycles. The third kappa shape index (κ3) is 4.73. The summed E-state index contributed by atoms with van der Waals surface area (Å²) in [4.78, 5) is 48.9. The molecule has 0 radical (unpaired) electrons. The molecule has 1 aromatic heterocycles. The molecule has 0 saturated carbocycles. The molecule has 9 heteroatoms. The Morgan fingerprint density at radius 3 is 2.27 bits per heavy atom. The summed E-state index contributed by atoms with van der Waals surface area (Å²) in [5, 5.41) is 7.53. The highest BCUT2D eigenvalue weighted by Gasteiger charge is 2.28. The van der Waals surface area contributed by atoms with Crippen molar-refractivity contribution in [1.29, 1.82) is 0 Å². The van der Waals surface area contributed by atoms with Crippen molar-refractivity contribution < 1.29 is 23.6 Å². The van der Waals surface area contributed by atoms with Crippen LogP contribution < -0.4 is 16.0 Å². The minimum atomic E-state index is -0.751. The zero-order chi connectivity index (χ0) is 22.7. The summed E-state index contributed by atoms with van der Waals surface area (Å²) in [5.41, 5.74) is 1.41. The molecule has 1 heterocycles. The first-order valence-electron chi connectivity index (χ1n) is 9.33. The van der Waals surface area contributed by atoms with Gasteiger partial charge >= 0.3 is 0 Å². The van der Waals surface area contributed by atoms with Crippen molar-refractivity contribution in [2.24, 2.45) is 7.05 Å². The van der Waals surface area contributed by atoms with E-state index < -0.39 is 29.3 Å². The van der Waals surface area contributed by atoms with Gasteiger partial charge in [-0.15, -0.1) is 0 Å². The molecule has 160 valence electrons. The standard InChI is InChI=1S/C21H25FN4O4/c1-10(2)23-21(30)19(28)18-11(3)17(12(4)26(18)6)20(29)25-14-7-8-15(22)16(9-14)24-13(5)27/h7-10H,1-6H3,(H,23,30)(H,24,27)(H,25,29). The van der Waals surface area contributed by atoms with Gasteiger partial charge in [0.1, 0.15) is 5.82 Å². The summed E-state index contributed by atoms with van der Waals surface area (Å²) in [5.74, 6) is -3.10. The van der Waals surface area contributed by atoms with E-state index in [9.17, 15) is 23.6 Å². The number of carbonyl (C=O) groups excluding carboxylic acids is 4. The molecule has 0 fully saturated rings. The van der Waals surface area contributed by atoms with Crippen LogP contribution in [0.1, 0.15) is 52.9 Å². The van der Waals surface area contributed by atoms with Crippen molar-refractivity contribution in [3.63, 3.8) is 0 Å². The molecule has 3 N–H and O–H groups in total. The second-order valence-corrected chi connectivity index (χ2v) is 7.28. The molecule has 0 bridgehead atoms. The number of ketones is 1. The molecule has 0 atom stereocenters. The average molecular weight is 416 g/mol.